The van der Waals surface area contributed by atoms with Gasteiger partial charge in [0.2, 0.25) is 5.95 Å². The van der Waals surface area contributed by atoms with E-state index in [0.717, 1.165) is 26.2 Å². The number of amides is 1. The highest BCUT2D eigenvalue weighted by Crippen LogP contribution is 2.24. The van der Waals surface area contributed by atoms with Gasteiger partial charge in [0.05, 0.1) is 22.0 Å². The summed E-state index contributed by atoms with van der Waals surface area (Å²) in [7, 11) is 2.08. The summed E-state index contributed by atoms with van der Waals surface area (Å²) in [5.41, 5.74) is 1.51. The summed E-state index contributed by atoms with van der Waals surface area (Å²) in [5, 5.41) is 13.9. The van der Waals surface area contributed by atoms with E-state index in [1.807, 2.05) is 0 Å². The minimum absolute atomic E-state index is 0.00412. The number of nitro groups is 1. The second-order valence-corrected chi connectivity index (χ2v) is 6.59. The van der Waals surface area contributed by atoms with Gasteiger partial charge in [-0.2, -0.15) is 0 Å². The van der Waals surface area contributed by atoms with Crippen molar-refractivity contribution in [2.24, 2.45) is 0 Å². The molecule has 1 aliphatic heterocycles. The molecule has 27 heavy (non-hydrogen) atoms. The molecule has 1 amide bonds. The third-order valence-corrected chi connectivity index (χ3v) is 4.63. The van der Waals surface area contributed by atoms with Crippen molar-refractivity contribution < 1.29 is 9.72 Å². The van der Waals surface area contributed by atoms with Crippen LogP contribution >= 0.6 is 0 Å². The number of aryl methyl sites for hydroxylation is 2. The van der Waals surface area contributed by atoms with E-state index < -0.39 is 10.8 Å². The Morgan fingerprint density at radius 3 is 2.30 bits per heavy atom. The highest BCUT2D eigenvalue weighted by atomic mass is 16.6. The summed E-state index contributed by atoms with van der Waals surface area (Å²) in [6.07, 6.45) is 0. The van der Waals surface area contributed by atoms with Crippen molar-refractivity contribution in [2.45, 2.75) is 13.8 Å². The molecule has 2 aromatic rings. The molecule has 0 bridgehead atoms. The molecule has 9 nitrogen and oxygen atoms in total. The average Bonchev–Trinajstić information content (AvgIpc) is 2.65. The van der Waals surface area contributed by atoms with Gasteiger partial charge in [-0.3, -0.25) is 14.9 Å². The van der Waals surface area contributed by atoms with Crippen molar-refractivity contribution in [2.75, 3.05) is 43.4 Å². The quantitative estimate of drug-likeness (QED) is 0.648. The zero-order chi connectivity index (χ0) is 19.6. The van der Waals surface area contributed by atoms with Crippen molar-refractivity contribution in [1.29, 1.82) is 0 Å². The van der Waals surface area contributed by atoms with Crippen molar-refractivity contribution >= 4 is 23.2 Å². The molecule has 142 valence electrons. The Morgan fingerprint density at radius 2 is 1.70 bits per heavy atom. The van der Waals surface area contributed by atoms with Gasteiger partial charge in [-0.1, -0.05) is 12.1 Å². The van der Waals surface area contributed by atoms with Crippen LogP contribution in [0.25, 0.3) is 0 Å². The minimum atomic E-state index is -0.568. The Bertz CT molecular complexity index is 854. The summed E-state index contributed by atoms with van der Waals surface area (Å²) in [4.78, 5) is 36.6. The Labute approximate surface area is 157 Å². The van der Waals surface area contributed by atoms with E-state index >= 15 is 0 Å². The average molecular weight is 370 g/mol. The number of benzene rings is 1. The van der Waals surface area contributed by atoms with E-state index in [1.165, 1.54) is 18.2 Å². The number of piperazine rings is 1. The molecule has 1 saturated heterocycles. The normalized spacial score (nSPS) is 14.9. The number of carbonyl (C=O) groups excluding carboxylic acids is 1. The lowest BCUT2D eigenvalue weighted by atomic mass is 10.1. The Balaban J connectivity index is 1.84. The van der Waals surface area contributed by atoms with Crippen LogP contribution < -0.4 is 10.2 Å². The lowest BCUT2D eigenvalue weighted by molar-refractivity contribution is -0.385. The van der Waals surface area contributed by atoms with Crippen LogP contribution in [0.5, 0.6) is 0 Å². The molecule has 0 spiro atoms. The standard InChI is InChI=1S/C18H22N6O3/c1-12-16(21-17(25)14-6-4-5-7-15(14)24(26)27)13(2)20-18(19-12)23-10-8-22(3)9-11-23/h4-7H,8-11H2,1-3H3,(H,21,25). The van der Waals surface area contributed by atoms with Gasteiger partial charge in [0, 0.05) is 32.2 Å². The number of hydrogen-bond acceptors (Lipinski definition) is 7. The summed E-state index contributed by atoms with van der Waals surface area (Å²) in [6.45, 7) is 7.16. The van der Waals surface area contributed by atoms with Crippen molar-refractivity contribution in [3.05, 3.63) is 51.3 Å². The molecule has 2 heterocycles. The van der Waals surface area contributed by atoms with Gasteiger partial charge in [0.25, 0.3) is 11.6 Å². The molecule has 0 atom stereocenters. The monoisotopic (exact) mass is 370 g/mol. The molecule has 0 radical (unpaired) electrons. The van der Waals surface area contributed by atoms with Gasteiger partial charge in [-0.25, -0.2) is 9.97 Å². The first-order chi connectivity index (χ1) is 12.9. The maximum absolute atomic E-state index is 12.6. The number of nitro benzene ring substituents is 1. The van der Waals surface area contributed by atoms with E-state index in [0.29, 0.717) is 23.0 Å². The minimum Gasteiger partial charge on any atom is -0.338 e. The van der Waals surface area contributed by atoms with Crippen LogP contribution in [0.2, 0.25) is 0 Å². The third kappa shape index (κ3) is 4.03. The fraction of sp³-hybridized carbons (Fsp3) is 0.389. The molecule has 1 aromatic carbocycles. The summed E-state index contributed by atoms with van der Waals surface area (Å²) in [5.74, 6) is 0.0891. The van der Waals surface area contributed by atoms with Crippen LogP contribution in [0.4, 0.5) is 17.3 Å². The number of likely N-dealkylation sites (N-methyl/N-ethyl adjacent to an activating group) is 1. The molecule has 0 aliphatic carbocycles. The first kappa shape index (κ1) is 18.7. The third-order valence-electron chi connectivity index (χ3n) is 4.63. The Hall–Kier alpha value is -3.07. The van der Waals surface area contributed by atoms with E-state index in [4.69, 9.17) is 0 Å². The Morgan fingerprint density at radius 1 is 1.11 bits per heavy atom. The van der Waals surface area contributed by atoms with Crippen molar-refractivity contribution in [3.63, 3.8) is 0 Å². The second-order valence-electron chi connectivity index (χ2n) is 6.59. The maximum atomic E-state index is 12.6. The van der Waals surface area contributed by atoms with Gasteiger partial charge < -0.3 is 15.1 Å². The van der Waals surface area contributed by atoms with Crippen molar-refractivity contribution in [3.8, 4) is 0 Å². The number of para-hydroxylation sites is 1. The SMILES string of the molecule is Cc1nc(N2CCN(C)CC2)nc(C)c1NC(=O)c1ccccc1[N+](=O)[O-]. The van der Waals surface area contributed by atoms with Gasteiger partial charge in [0.1, 0.15) is 5.56 Å². The lowest BCUT2D eigenvalue weighted by Gasteiger charge is -2.32. The topological polar surface area (TPSA) is 104 Å². The van der Waals surface area contributed by atoms with E-state index in [9.17, 15) is 14.9 Å². The van der Waals surface area contributed by atoms with Crippen LogP contribution in [0.3, 0.4) is 0 Å². The van der Waals surface area contributed by atoms with Crippen LogP contribution in [-0.4, -0.2) is 58.9 Å². The van der Waals surface area contributed by atoms with E-state index in [2.05, 4.69) is 32.1 Å². The first-order valence-corrected chi connectivity index (χ1v) is 8.70. The van der Waals surface area contributed by atoms with Gasteiger partial charge in [-0.15, -0.1) is 0 Å². The summed E-state index contributed by atoms with van der Waals surface area (Å²) in [6, 6.07) is 5.85. The van der Waals surface area contributed by atoms with Crippen LogP contribution in [0.1, 0.15) is 21.7 Å². The second kappa shape index (κ2) is 7.67. The fourth-order valence-electron chi connectivity index (χ4n) is 3.03. The first-order valence-electron chi connectivity index (χ1n) is 8.70. The number of nitrogens with zero attached hydrogens (tertiary/aromatic N) is 5. The van der Waals surface area contributed by atoms with Crippen molar-refractivity contribution in [1.82, 2.24) is 14.9 Å². The molecule has 1 aromatic heterocycles. The highest BCUT2D eigenvalue weighted by molar-refractivity contribution is 6.07. The molecule has 0 saturated carbocycles. The Kier molecular flexibility index (Phi) is 5.31. The van der Waals surface area contributed by atoms with Crippen LogP contribution in [-0.2, 0) is 0 Å². The molecule has 9 heteroatoms. The highest BCUT2D eigenvalue weighted by Gasteiger charge is 2.22. The van der Waals surface area contributed by atoms with Gasteiger partial charge >= 0.3 is 0 Å². The number of rotatable bonds is 4. The number of carbonyl (C=O) groups is 1. The molecule has 1 N–H and O–H groups in total. The molecular formula is C18H22N6O3. The van der Waals surface area contributed by atoms with E-state index in [-0.39, 0.29) is 11.3 Å². The fourth-order valence-corrected chi connectivity index (χ4v) is 3.03. The predicted octanol–water partition coefficient (Wildman–Crippen LogP) is 2.01. The number of nitrogens with one attached hydrogen (secondary N) is 1. The zero-order valence-corrected chi connectivity index (χ0v) is 15.6. The predicted molar refractivity (Wildman–Crippen MR) is 102 cm³/mol. The summed E-state index contributed by atoms with van der Waals surface area (Å²) < 4.78 is 0. The van der Waals surface area contributed by atoms with Gasteiger partial charge in [-0.05, 0) is 27.0 Å². The number of hydrogen-bond donors (Lipinski definition) is 1. The van der Waals surface area contributed by atoms with E-state index in [1.54, 1.807) is 19.9 Å². The zero-order valence-electron chi connectivity index (χ0n) is 15.6. The largest absolute Gasteiger partial charge is 0.338 e. The molecule has 0 unspecified atom stereocenters. The molecule has 1 aliphatic rings. The lowest BCUT2D eigenvalue weighted by Crippen LogP contribution is -2.45. The smallest absolute Gasteiger partial charge is 0.282 e. The summed E-state index contributed by atoms with van der Waals surface area (Å²) >= 11 is 0. The van der Waals surface area contributed by atoms with Crippen LogP contribution in [0, 0.1) is 24.0 Å². The number of aromatic nitrogens is 2. The number of anilines is 2. The van der Waals surface area contributed by atoms with Gasteiger partial charge in [0.15, 0.2) is 0 Å². The molecule has 3 rings (SSSR count). The maximum Gasteiger partial charge on any atom is 0.282 e. The molecule has 1 fully saturated rings. The van der Waals surface area contributed by atoms with Crippen LogP contribution in [0.15, 0.2) is 24.3 Å². The molecular weight excluding hydrogens is 348 g/mol.